The third-order valence-corrected chi connectivity index (χ3v) is 14.3. The van der Waals surface area contributed by atoms with Gasteiger partial charge in [-0.2, -0.15) is 15.3 Å². The highest BCUT2D eigenvalue weighted by atomic mass is 19.3. The Hall–Kier alpha value is -5.90. The number of nitrogens with one attached hydrogen (secondary N) is 3. The molecule has 2 aliphatic carbocycles. The van der Waals surface area contributed by atoms with Gasteiger partial charge in [0.2, 0.25) is 11.8 Å². The number of imide groups is 2. The second-order valence-corrected chi connectivity index (χ2v) is 18.4. The number of hydroxylamine groups is 2. The summed E-state index contributed by atoms with van der Waals surface area (Å²) in [7, 11) is 0. The third-order valence-electron chi connectivity index (χ3n) is 14.3. The lowest BCUT2D eigenvalue weighted by Gasteiger charge is -2.42. The number of halogens is 2. The molecule has 2 saturated carbocycles. The number of fused-ring (bicyclic) bond motifs is 4. The molecule has 8 heterocycles. The van der Waals surface area contributed by atoms with Crippen LogP contribution in [-0.2, 0) is 19.2 Å². The smallest absolute Gasteiger partial charge is 0.284 e. The van der Waals surface area contributed by atoms with E-state index in [9.17, 15) is 32.8 Å². The van der Waals surface area contributed by atoms with Gasteiger partial charge in [-0.05, 0) is 75.5 Å². The second-order valence-electron chi connectivity index (χ2n) is 18.4. The van der Waals surface area contributed by atoms with Crippen LogP contribution in [0.1, 0.15) is 107 Å². The van der Waals surface area contributed by atoms with Crippen molar-refractivity contribution >= 4 is 52.4 Å². The predicted molar refractivity (Wildman–Crippen MR) is 227 cm³/mol. The Morgan fingerprint density at radius 1 is 0.954 bits per heavy atom. The predicted octanol–water partition coefficient (Wildman–Crippen LogP) is 3.42. The van der Waals surface area contributed by atoms with Crippen molar-refractivity contribution in [1.82, 2.24) is 44.6 Å². The fraction of sp³-hybridized carbons (Fsp3) is 0.545. The molecule has 0 spiro atoms. The van der Waals surface area contributed by atoms with Gasteiger partial charge in [-0.15, -0.1) is 0 Å². The maximum atomic E-state index is 14.3. The number of hydrogen-bond acceptors (Lipinski definition) is 14. The van der Waals surface area contributed by atoms with Crippen LogP contribution in [0.5, 0.6) is 0 Å². The summed E-state index contributed by atoms with van der Waals surface area (Å²) in [5, 5.41) is 18.9. The maximum Gasteiger partial charge on any atom is 0.284 e. The number of piperidine rings is 1. The molecule has 21 heteroatoms. The second kappa shape index (κ2) is 16.8. The van der Waals surface area contributed by atoms with Crippen LogP contribution in [0, 0.1) is 5.92 Å². The number of amides is 5. The number of anilines is 3. The first-order valence-corrected chi connectivity index (χ1v) is 22.7. The van der Waals surface area contributed by atoms with Crippen molar-refractivity contribution in [1.29, 1.82) is 0 Å². The standard InChI is InChI=1S/C44H50F2N12O7/c45-39(46)38-33(49-41(60)31-19-47-56-11-10-35(50-40(31)56)55-21-29-18-27(55)23-64-29)22-57(52-38)26-6-4-24(5-7-26)20-53-12-14-54(15-13-53)65-28-16-25(17-28)48-32-3-1-2-30-37(32)44(63)58(43(30)62)34-8-9-36(59)51-42(34)61/h1-3,10-11,19,22,24-29,34,39,48H,4-9,12-18,20-21,23H2,(H,49,60)(H,51,59,61)/t24-,25-,26-,27-,28-,29-,34?/m1/s1. The SMILES string of the molecule is O=C1CCC(N2C(=O)c3cccc(N[C@H]4C[C@H](ON5CCN(C[C@H]6CC[C@H](n7cc(NC(=O)c8cnn9ccc(N%10C[C@H]%11C[C@@H]%10CO%11)nc89)c(C(F)F)n7)CC6)CC5)C4)c3C2=O)C(=O)N1. The number of ether oxygens (including phenoxy) is 1. The van der Waals surface area contributed by atoms with Gasteiger partial charge in [0, 0.05) is 69.8 Å². The fourth-order valence-corrected chi connectivity index (χ4v) is 10.7. The summed E-state index contributed by atoms with van der Waals surface area (Å²) in [5.41, 5.74) is 1.11. The average molecular weight is 897 g/mol. The summed E-state index contributed by atoms with van der Waals surface area (Å²) in [4.78, 5) is 81.1. The van der Waals surface area contributed by atoms with E-state index < -0.39 is 47.7 Å². The Morgan fingerprint density at radius 2 is 1.77 bits per heavy atom. The Kier molecular flexibility index (Phi) is 10.8. The highest BCUT2D eigenvalue weighted by Crippen LogP contribution is 2.38. The fourth-order valence-electron chi connectivity index (χ4n) is 10.7. The van der Waals surface area contributed by atoms with Crippen molar-refractivity contribution < 1.29 is 42.3 Å². The number of nitrogens with zero attached hydrogens (tertiary/aromatic N) is 9. The Bertz CT molecular complexity index is 2550. The van der Waals surface area contributed by atoms with E-state index in [0.717, 1.165) is 94.9 Å². The summed E-state index contributed by atoms with van der Waals surface area (Å²) in [6, 6.07) is 6.14. The van der Waals surface area contributed by atoms with E-state index in [2.05, 4.69) is 35.9 Å². The molecule has 6 fully saturated rings. The highest BCUT2D eigenvalue weighted by molar-refractivity contribution is 6.25. The number of piperazine rings is 1. The number of carbonyl (C=O) groups is 5. The van der Waals surface area contributed by atoms with Crippen molar-refractivity contribution in [2.75, 3.05) is 61.4 Å². The molecule has 7 aliphatic rings. The zero-order valence-electron chi connectivity index (χ0n) is 35.6. The van der Waals surface area contributed by atoms with Gasteiger partial charge in [0.1, 0.15) is 17.4 Å². The summed E-state index contributed by atoms with van der Waals surface area (Å²) in [6.45, 7) is 5.58. The molecule has 65 heavy (non-hydrogen) atoms. The maximum absolute atomic E-state index is 14.3. The van der Waals surface area contributed by atoms with Crippen LogP contribution in [-0.4, -0.2) is 145 Å². The molecular weight excluding hydrogens is 847 g/mol. The van der Waals surface area contributed by atoms with Crippen molar-refractivity contribution in [3.8, 4) is 0 Å². The van der Waals surface area contributed by atoms with Crippen LogP contribution < -0.4 is 20.9 Å². The van der Waals surface area contributed by atoms with E-state index in [1.54, 1.807) is 29.1 Å². The number of morpholine rings is 1. The number of alkyl halides is 2. The molecule has 342 valence electrons. The summed E-state index contributed by atoms with van der Waals surface area (Å²) >= 11 is 0. The first-order valence-electron chi connectivity index (χ1n) is 22.7. The van der Waals surface area contributed by atoms with Crippen LogP contribution in [0.2, 0.25) is 0 Å². The number of rotatable bonds is 12. The van der Waals surface area contributed by atoms with Crippen LogP contribution in [0.3, 0.4) is 0 Å². The van der Waals surface area contributed by atoms with E-state index in [1.165, 1.54) is 16.9 Å². The summed E-state index contributed by atoms with van der Waals surface area (Å²) < 4.78 is 37.4. The highest BCUT2D eigenvalue weighted by Gasteiger charge is 2.46. The average Bonchev–Trinajstić information content (AvgIpc) is 4.14. The molecule has 4 saturated heterocycles. The van der Waals surface area contributed by atoms with Gasteiger partial charge in [0.25, 0.3) is 24.1 Å². The third kappa shape index (κ3) is 7.90. The van der Waals surface area contributed by atoms with Gasteiger partial charge in [-0.1, -0.05) is 6.07 Å². The largest absolute Gasteiger partial charge is 0.381 e. The van der Waals surface area contributed by atoms with E-state index in [1.807, 2.05) is 11.1 Å². The molecule has 3 N–H and O–H groups in total. The van der Waals surface area contributed by atoms with Crippen LogP contribution >= 0.6 is 0 Å². The van der Waals surface area contributed by atoms with E-state index in [-0.39, 0.29) is 65.6 Å². The number of hydrogen-bond donors (Lipinski definition) is 3. The molecule has 4 aromatic rings. The van der Waals surface area contributed by atoms with Gasteiger partial charge in [-0.25, -0.2) is 18.3 Å². The van der Waals surface area contributed by atoms with Crippen LogP contribution in [0.4, 0.5) is 26.0 Å². The quantitative estimate of drug-likeness (QED) is 0.175. The molecule has 5 amide bonds. The lowest BCUT2D eigenvalue weighted by atomic mass is 9.85. The van der Waals surface area contributed by atoms with Crippen LogP contribution in [0.15, 0.2) is 42.9 Å². The Balaban J connectivity index is 0.629. The topological polar surface area (TPSA) is 201 Å². The zero-order chi connectivity index (χ0) is 44.5. The van der Waals surface area contributed by atoms with E-state index >= 15 is 0 Å². The van der Waals surface area contributed by atoms with Gasteiger partial charge in [-0.3, -0.25) is 43.7 Å². The first-order chi connectivity index (χ1) is 31.5. The van der Waals surface area contributed by atoms with Gasteiger partial charge < -0.3 is 25.2 Å². The molecule has 11 rings (SSSR count). The lowest BCUT2D eigenvalue weighted by molar-refractivity contribution is -0.230. The van der Waals surface area contributed by atoms with Gasteiger partial charge >= 0.3 is 0 Å². The number of carbonyl (C=O) groups excluding carboxylic acids is 5. The molecule has 1 aromatic carbocycles. The minimum atomic E-state index is -2.87. The van der Waals surface area contributed by atoms with Crippen molar-refractivity contribution in [3.63, 3.8) is 0 Å². The molecule has 1 unspecified atom stereocenters. The zero-order valence-corrected chi connectivity index (χ0v) is 35.6. The molecule has 2 bridgehead atoms. The van der Waals surface area contributed by atoms with Gasteiger partial charge in [0.15, 0.2) is 11.3 Å². The molecule has 3 atom stereocenters. The molecule has 3 aromatic heterocycles. The molecule has 5 aliphatic heterocycles. The first kappa shape index (κ1) is 41.8. The normalized spacial score (nSPS) is 28.3. The van der Waals surface area contributed by atoms with E-state index in [4.69, 9.17) is 14.6 Å². The number of benzene rings is 1. The van der Waals surface area contributed by atoms with Gasteiger partial charge in [0.05, 0.1) is 53.9 Å². The van der Waals surface area contributed by atoms with Crippen LogP contribution in [0.25, 0.3) is 5.65 Å². The molecule has 0 radical (unpaired) electrons. The van der Waals surface area contributed by atoms with Crippen molar-refractivity contribution in [2.24, 2.45) is 5.92 Å². The summed E-state index contributed by atoms with van der Waals surface area (Å²) in [5.74, 6) is -1.50. The minimum absolute atomic E-state index is 0.0148. The van der Waals surface area contributed by atoms with Crippen molar-refractivity contribution in [2.45, 2.75) is 101 Å². The lowest BCUT2D eigenvalue weighted by Crippen LogP contribution is -2.54. The Labute approximate surface area is 371 Å². The monoisotopic (exact) mass is 896 g/mol. The Morgan fingerprint density at radius 3 is 2.51 bits per heavy atom. The summed E-state index contributed by atoms with van der Waals surface area (Å²) in [6.07, 6.45) is 8.03. The molecular formula is C44H50F2N12O7. The van der Waals surface area contributed by atoms with E-state index in [0.29, 0.717) is 23.9 Å². The minimum Gasteiger partial charge on any atom is -0.381 e. The molecule has 19 nitrogen and oxygen atoms in total. The van der Waals surface area contributed by atoms with Crippen molar-refractivity contribution in [3.05, 3.63) is 65.2 Å². The number of aromatic nitrogens is 5.